The van der Waals surface area contributed by atoms with Crippen LogP contribution in [0.1, 0.15) is 25.6 Å². The van der Waals surface area contributed by atoms with Gasteiger partial charge in [-0.25, -0.2) is 9.38 Å². The molecular formula is C12H15N7. The highest BCUT2D eigenvalue weighted by Gasteiger charge is 2.17. The van der Waals surface area contributed by atoms with Crippen LogP contribution in [0.3, 0.4) is 0 Å². The van der Waals surface area contributed by atoms with Crippen molar-refractivity contribution in [1.82, 2.24) is 29.4 Å². The van der Waals surface area contributed by atoms with Gasteiger partial charge in [0, 0.05) is 24.0 Å². The van der Waals surface area contributed by atoms with E-state index >= 15 is 0 Å². The normalized spacial score (nSPS) is 11.6. The standard InChI is InChI=1S/C12H15N7/c1-7(2)19-8(3)9(6-15-19)11-17-16-10-4-5-14-12(13)18(10)11/h4-7H,1-3H3,(H2,13,14). The Morgan fingerprint density at radius 1 is 1.26 bits per heavy atom. The molecule has 0 amide bonds. The molecule has 0 aliphatic rings. The first-order chi connectivity index (χ1) is 9.09. The monoisotopic (exact) mass is 257 g/mol. The molecule has 3 aromatic heterocycles. The molecule has 0 fully saturated rings. The molecule has 0 radical (unpaired) electrons. The van der Waals surface area contributed by atoms with Crippen LogP contribution in [-0.4, -0.2) is 29.4 Å². The Morgan fingerprint density at radius 2 is 2.05 bits per heavy atom. The van der Waals surface area contributed by atoms with Crippen LogP contribution >= 0.6 is 0 Å². The van der Waals surface area contributed by atoms with Crippen LogP contribution < -0.4 is 5.73 Å². The van der Waals surface area contributed by atoms with E-state index in [0.717, 1.165) is 11.3 Å². The maximum atomic E-state index is 5.90. The summed E-state index contributed by atoms with van der Waals surface area (Å²) < 4.78 is 3.68. The predicted octanol–water partition coefficient (Wildman–Crippen LogP) is 1.46. The number of hydrogen-bond donors (Lipinski definition) is 1. The van der Waals surface area contributed by atoms with Gasteiger partial charge in [0.15, 0.2) is 11.5 Å². The van der Waals surface area contributed by atoms with E-state index in [-0.39, 0.29) is 0 Å². The number of rotatable bonds is 2. The van der Waals surface area contributed by atoms with Gasteiger partial charge in [-0.1, -0.05) is 0 Å². The molecule has 0 aliphatic carbocycles. The Hall–Kier alpha value is -2.44. The lowest BCUT2D eigenvalue weighted by atomic mass is 10.2. The molecule has 98 valence electrons. The number of nitrogens with two attached hydrogens (primary N) is 1. The van der Waals surface area contributed by atoms with Gasteiger partial charge in [-0.2, -0.15) is 5.10 Å². The molecule has 0 spiro atoms. The van der Waals surface area contributed by atoms with Gasteiger partial charge < -0.3 is 5.73 Å². The second-order valence-electron chi connectivity index (χ2n) is 4.70. The van der Waals surface area contributed by atoms with Gasteiger partial charge in [0.25, 0.3) is 0 Å². The maximum Gasteiger partial charge on any atom is 0.207 e. The second-order valence-corrected chi connectivity index (χ2v) is 4.70. The van der Waals surface area contributed by atoms with Crippen LogP contribution in [0.25, 0.3) is 17.0 Å². The molecule has 7 nitrogen and oxygen atoms in total. The van der Waals surface area contributed by atoms with Crippen molar-refractivity contribution < 1.29 is 0 Å². The average Bonchev–Trinajstić information content (AvgIpc) is 2.93. The summed E-state index contributed by atoms with van der Waals surface area (Å²) in [6.45, 7) is 6.18. The molecule has 0 aromatic carbocycles. The highest BCUT2D eigenvalue weighted by Crippen LogP contribution is 2.24. The van der Waals surface area contributed by atoms with Gasteiger partial charge in [0.2, 0.25) is 5.95 Å². The Labute approximate surface area is 110 Å². The van der Waals surface area contributed by atoms with Gasteiger partial charge in [-0.15, -0.1) is 10.2 Å². The fourth-order valence-corrected chi connectivity index (χ4v) is 2.21. The first-order valence-corrected chi connectivity index (χ1v) is 6.09. The van der Waals surface area contributed by atoms with Crippen molar-refractivity contribution in [3.8, 4) is 11.4 Å². The Morgan fingerprint density at radius 3 is 2.74 bits per heavy atom. The Bertz CT molecular complexity index is 738. The summed E-state index contributed by atoms with van der Waals surface area (Å²) in [5.41, 5.74) is 8.53. The van der Waals surface area contributed by atoms with E-state index in [1.165, 1.54) is 0 Å². The molecule has 0 unspecified atom stereocenters. The summed E-state index contributed by atoms with van der Waals surface area (Å²) in [6, 6.07) is 2.07. The van der Waals surface area contributed by atoms with Crippen molar-refractivity contribution in [3.63, 3.8) is 0 Å². The van der Waals surface area contributed by atoms with E-state index < -0.39 is 0 Å². The van der Waals surface area contributed by atoms with E-state index in [1.807, 2.05) is 11.6 Å². The van der Waals surface area contributed by atoms with Crippen molar-refractivity contribution in [2.75, 3.05) is 5.73 Å². The molecule has 2 N–H and O–H groups in total. The largest absolute Gasteiger partial charge is 0.369 e. The fourth-order valence-electron chi connectivity index (χ4n) is 2.21. The van der Waals surface area contributed by atoms with Gasteiger partial charge in [0.1, 0.15) is 0 Å². The molecular weight excluding hydrogens is 242 g/mol. The minimum Gasteiger partial charge on any atom is -0.369 e. The zero-order chi connectivity index (χ0) is 13.6. The van der Waals surface area contributed by atoms with Crippen LogP contribution in [0.4, 0.5) is 5.95 Å². The lowest BCUT2D eigenvalue weighted by Gasteiger charge is -2.08. The van der Waals surface area contributed by atoms with Gasteiger partial charge in [-0.3, -0.25) is 4.68 Å². The highest BCUT2D eigenvalue weighted by atomic mass is 15.3. The zero-order valence-corrected chi connectivity index (χ0v) is 11.1. The van der Waals surface area contributed by atoms with Crippen molar-refractivity contribution in [3.05, 3.63) is 24.2 Å². The molecule has 0 bridgehead atoms. The van der Waals surface area contributed by atoms with E-state index in [0.29, 0.717) is 23.5 Å². The number of nitrogens with zero attached hydrogens (tertiary/aromatic N) is 6. The predicted molar refractivity (Wildman–Crippen MR) is 71.5 cm³/mol. The first-order valence-electron chi connectivity index (χ1n) is 6.09. The van der Waals surface area contributed by atoms with Crippen LogP contribution in [0.5, 0.6) is 0 Å². The van der Waals surface area contributed by atoms with E-state index in [2.05, 4.69) is 34.1 Å². The van der Waals surface area contributed by atoms with Gasteiger partial charge in [0.05, 0.1) is 11.8 Å². The lowest BCUT2D eigenvalue weighted by Crippen LogP contribution is -2.05. The fraction of sp³-hybridized carbons (Fsp3) is 0.333. The molecule has 3 rings (SSSR count). The SMILES string of the molecule is Cc1c(-c2nnc3ccnc(N)n23)cnn1C(C)C. The molecule has 0 aliphatic heterocycles. The minimum atomic E-state index is 0.295. The highest BCUT2D eigenvalue weighted by molar-refractivity contribution is 5.63. The molecule has 3 heterocycles. The Kier molecular flexibility index (Phi) is 2.48. The maximum absolute atomic E-state index is 5.90. The Balaban J connectivity index is 2.25. The van der Waals surface area contributed by atoms with Crippen LogP contribution in [-0.2, 0) is 0 Å². The van der Waals surface area contributed by atoms with Crippen LogP contribution in [0.2, 0.25) is 0 Å². The lowest BCUT2D eigenvalue weighted by molar-refractivity contribution is 0.519. The molecule has 7 heteroatoms. The second kappa shape index (κ2) is 4.04. The number of nitrogen functional groups attached to an aromatic ring is 1. The van der Waals surface area contributed by atoms with Crippen molar-refractivity contribution in [2.24, 2.45) is 0 Å². The molecule has 0 saturated carbocycles. The summed E-state index contributed by atoms with van der Waals surface area (Å²) in [6.07, 6.45) is 3.41. The smallest absolute Gasteiger partial charge is 0.207 e. The first kappa shape index (κ1) is 11.6. The van der Waals surface area contributed by atoms with Gasteiger partial charge in [-0.05, 0) is 20.8 Å². The summed E-state index contributed by atoms with van der Waals surface area (Å²) in [5.74, 6) is 1.04. The van der Waals surface area contributed by atoms with Crippen LogP contribution in [0.15, 0.2) is 18.5 Å². The number of anilines is 1. The molecule has 19 heavy (non-hydrogen) atoms. The van der Waals surface area contributed by atoms with Gasteiger partial charge >= 0.3 is 0 Å². The summed E-state index contributed by atoms with van der Waals surface area (Å²) in [7, 11) is 0. The van der Waals surface area contributed by atoms with Crippen molar-refractivity contribution in [2.45, 2.75) is 26.8 Å². The van der Waals surface area contributed by atoms with E-state index in [1.54, 1.807) is 22.9 Å². The molecule has 0 saturated heterocycles. The van der Waals surface area contributed by atoms with E-state index in [9.17, 15) is 0 Å². The van der Waals surface area contributed by atoms with E-state index in [4.69, 9.17) is 5.73 Å². The molecule has 0 atom stereocenters. The third kappa shape index (κ3) is 1.66. The number of fused-ring (bicyclic) bond motifs is 1. The van der Waals surface area contributed by atoms with Crippen molar-refractivity contribution >= 4 is 11.6 Å². The average molecular weight is 257 g/mol. The summed E-state index contributed by atoms with van der Waals surface area (Å²) in [5, 5.41) is 12.7. The quantitative estimate of drug-likeness (QED) is 0.751. The third-order valence-electron chi connectivity index (χ3n) is 3.12. The summed E-state index contributed by atoms with van der Waals surface area (Å²) >= 11 is 0. The summed E-state index contributed by atoms with van der Waals surface area (Å²) in [4.78, 5) is 4.07. The minimum absolute atomic E-state index is 0.295. The zero-order valence-electron chi connectivity index (χ0n) is 11.1. The number of hydrogen-bond acceptors (Lipinski definition) is 5. The third-order valence-corrected chi connectivity index (χ3v) is 3.12. The topological polar surface area (TPSA) is 86.9 Å². The number of aromatic nitrogens is 6. The molecule has 3 aromatic rings. The van der Waals surface area contributed by atoms with Crippen molar-refractivity contribution in [1.29, 1.82) is 0 Å². The van der Waals surface area contributed by atoms with Crippen LogP contribution in [0, 0.1) is 6.92 Å².